The van der Waals surface area contributed by atoms with E-state index in [1.807, 2.05) is 32.9 Å². The van der Waals surface area contributed by atoms with Crippen LogP contribution in [0.3, 0.4) is 0 Å². The van der Waals surface area contributed by atoms with Gasteiger partial charge in [-0.25, -0.2) is 0 Å². The van der Waals surface area contributed by atoms with Crippen molar-refractivity contribution in [3.63, 3.8) is 0 Å². The predicted octanol–water partition coefficient (Wildman–Crippen LogP) is 2.28. The summed E-state index contributed by atoms with van der Waals surface area (Å²) in [6, 6.07) is 0. The summed E-state index contributed by atoms with van der Waals surface area (Å²) in [5, 5.41) is 13.1. The van der Waals surface area contributed by atoms with Crippen LogP contribution in [0.2, 0.25) is 0 Å². The van der Waals surface area contributed by atoms with Crippen molar-refractivity contribution in [1.29, 1.82) is 0 Å². The highest BCUT2D eigenvalue weighted by Crippen LogP contribution is 2.43. The average molecular weight is 208 g/mol. The largest absolute Gasteiger partial charge is 0.298 e. The lowest BCUT2D eigenvalue weighted by molar-refractivity contribution is -0.239. The first kappa shape index (κ1) is 12.1. The SMILES string of the molecule is C/C=C/C1=C(C=O)C(C)(C)N([O])C1(C)C. The lowest BCUT2D eigenvalue weighted by Gasteiger charge is -2.33. The summed E-state index contributed by atoms with van der Waals surface area (Å²) in [6.07, 6.45) is 4.51. The van der Waals surface area contributed by atoms with E-state index in [0.29, 0.717) is 5.57 Å². The first-order valence-corrected chi connectivity index (χ1v) is 5.10. The van der Waals surface area contributed by atoms with E-state index >= 15 is 0 Å². The molecule has 0 saturated heterocycles. The molecule has 0 unspecified atom stereocenters. The first-order chi connectivity index (χ1) is 6.80. The Balaban J connectivity index is 3.42. The van der Waals surface area contributed by atoms with E-state index in [0.717, 1.165) is 16.9 Å². The normalized spacial score (nSPS) is 25.2. The molecule has 0 N–H and O–H groups in total. The Bertz CT molecular complexity index is 338. The second-order valence-electron chi connectivity index (χ2n) is 4.86. The molecule has 0 fully saturated rings. The standard InChI is InChI=1S/C12H18NO2/c1-6-7-9-10(8-14)12(4,5)13(15)11(9,2)3/h6-8H,1-5H3/b7-6+. The Labute approximate surface area is 91.0 Å². The van der Waals surface area contributed by atoms with Gasteiger partial charge in [-0.05, 0) is 40.2 Å². The van der Waals surface area contributed by atoms with Crippen molar-refractivity contribution < 1.29 is 10.0 Å². The number of hydrogen-bond donors (Lipinski definition) is 0. The van der Waals surface area contributed by atoms with Crippen LogP contribution < -0.4 is 0 Å². The third-order valence-electron chi connectivity index (χ3n) is 3.08. The van der Waals surface area contributed by atoms with Gasteiger partial charge in [-0.1, -0.05) is 12.2 Å². The van der Waals surface area contributed by atoms with Crippen LogP contribution in [-0.4, -0.2) is 22.4 Å². The van der Waals surface area contributed by atoms with Crippen LogP contribution in [-0.2, 0) is 10.0 Å². The third-order valence-corrected chi connectivity index (χ3v) is 3.08. The Morgan fingerprint density at radius 1 is 1.07 bits per heavy atom. The van der Waals surface area contributed by atoms with Crippen LogP contribution in [0.5, 0.6) is 0 Å². The van der Waals surface area contributed by atoms with Gasteiger partial charge in [0, 0.05) is 5.57 Å². The number of hydrogen-bond acceptors (Lipinski definition) is 2. The fourth-order valence-electron chi connectivity index (χ4n) is 2.24. The van der Waals surface area contributed by atoms with Gasteiger partial charge < -0.3 is 0 Å². The summed E-state index contributed by atoms with van der Waals surface area (Å²) < 4.78 is 0. The van der Waals surface area contributed by atoms with E-state index in [2.05, 4.69) is 0 Å². The smallest absolute Gasteiger partial charge is 0.148 e. The van der Waals surface area contributed by atoms with E-state index in [9.17, 15) is 10.0 Å². The molecule has 0 aromatic rings. The van der Waals surface area contributed by atoms with Gasteiger partial charge in [-0.15, -0.1) is 10.3 Å². The number of nitrogens with zero attached hydrogens (tertiary/aromatic N) is 1. The molecule has 0 bridgehead atoms. The minimum atomic E-state index is -0.736. The molecule has 1 heterocycles. The van der Waals surface area contributed by atoms with Crippen LogP contribution in [0.25, 0.3) is 0 Å². The van der Waals surface area contributed by atoms with Gasteiger partial charge in [0.2, 0.25) is 0 Å². The number of rotatable bonds is 2. The van der Waals surface area contributed by atoms with E-state index in [-0.39, 0.29) is 0 Å². The Hall–Kier alpha value is -0.930. The summed E-state index contributed by atoms with van der Waals surface area (Å²) in [4.78, 5) is 11.1. The van der Waals surface area contributed by atoms with Gasteiger partial charge in [0.25, 0.3) is 0 Å². The maximum Gasteiger partial charge on any atom is 0.148 e. The molecular formula is C12H18NO2. The van der Waals surface area contributed by atoms with E-state index in [1.165, 1.54) is 0 Å². The molecule has 3 heteroatoms. The first-order valence-electron chi connectivity index (χ1n) is 5.10. The number of aldehydes is 1. The van der Waals surface area contributed by atoms with Crippen molar-refractivity contribution in [2.24, 2.45) is 0 Å². The van der Waals surface area contributed by atoms with Crippen LogP contribution >= 0.6 is 0 Å². The second-order valence-corrected chi connectivity index (χ2v) is 4.86. The van der Waals surface area contributed by atoms with Crippen molar-refractivity contribution in [3.05, 3.63) is 23.3 Å². The predicted molar refractivity (Wildman–Crippen MR) is 58.6 cm³/mol. The molecule has 0 aromatic heterocycles. The maximum absolute atomic E-state index is 12.1. The van der Waals surface area contributed by atoms with Gasteiger partial charge in [0.1, 0.15) is 6.29 Å². The topological polar surface area (TPSA) is 40.2 Å². The highest BCUT2D eigenvalue weighted by atomic mass is 16.5. The van der Waals surface area contributed by atoms with Gasteiger partial charge in [-0.2, -0.15) is 0 Å². The zero-order valence-corrected chi connectivity index (χ0v) is 10.00. The summed E-state index contributed by atoms with van der Waals surface area (Å²) in [7, 11) is 0. The molecule has 0 atom stereocenters. The Kier molecular flexibility index (Phi) is 2.90. The third kappa shape index (κ3) is 1.56. The summed E-state index contributed by atoms with van der Waals surface area (Å²) in [5.41, 5.74) is 0.0346. The summed E-state index contributed by atoms with van der Waals surface area (Å²) >= 11 is 0. The van der Waals surface area contributed by atoms with Crippen molar-refractivity contribution >= 4 is 6.29 Å². The molecule has 3 nitrogen and oxygen atoms in total. The fourth-order valence-corrected chi connectivity index (χ4v) is 2.24. The highest BCUT2D eigenvalue weighted by Gasteiger charge is 2.50. The minimum Gasteiger partial charge on any atom is -0.298 e. The van der Waals surface area contributed by atoms with Gasteiger partial charge in [-0.3, -0.25) is 4.79 Å². The average Bonchev–Trinajstić information content (AvgIpc) is 2.26. The molecular weight excluding hydrogens is 190 g/mol. The van der Waals surface area contributed by atoms with E-state index in [4.69, 9.17) is 0 Å². The number of carbonyl (C=O) groups excluding carboxylic acids is 1. The summed E-state index contributed by atoms with van der Waals surface area (Å²) in [5.74, 6) is 0. The Morgan fingerprint density at radius 2 is 1.53 bits per heavy atom. The molecule has 1 aliphatic rings. The van der Waals surface area contributed by atoms with Gasteiger partial charge in [0.15, 0.2) is 0 Å². The fraction of sp³-hybridized carbons (Fsp3) is 0.583. The Morgan fingerprint density at radius 3 is 1.93 bits per heavy atom. The molecule has 83 valence electrons. The maximum atomic E-state index is 12.1. The molecule has 1 radical (unpaired) electrons. The van der Waals surface area contributed by atoms with Crippen LogP contribution in [0.15, 0.2) is 23.3 Å². The molecule has 0 spiro atoms. The second kappa shape index (κ2) is 3.58. The van der Waals surface area contributed by atoms with Crippen molar-refractivity contribution in [2.45, 2.75) is 45.7 Å². The molecule has 0 aliphatic carbocycles. The number of hydroxylamine groups is 2. The molecule has 0 amide bonds. The number of allylic oxidation sites excluding steroid dienone is 1. The highest BCUT2D eigenvalue weighted by molar-refractivity contribution is 5.81. The van der Waals surface area contributed by atoms with Gasteiger partial charge >= 0.3 is 0 Å². The lowest BCUT2D eigenvalue weighted by atomic mass is 9.91. The number of carbonyl (C=O) groups is 1. The van der Waals surface area contributed by atoms with Crippen molar-refractivity contribution in [1.82, 2.24) is 5.06 Å². The zero-order chi connectivity index (χ0) is 11.9. The van der Waals surface area contributed by atoms with Gasteiger partial charge in [0.05, 0.1) is 11.1 Å². The zero-order valence-electron chi connectivity index (χ0n) is 10.00. The molecule has 0 saturated carbocycles. The lowest BCUT2D eigenvalue weighted by Crippen LogP contribution is -2.47. The molecule has 1 aliphatic heterocycles. The van der Waals surface area contributed by atoms with Crippen LogP contribution in [0, 0.1) is 0 Å². The monoisotopic (exact) mass is 208 g/mol. The molecule has 0 aromatic carbocycles. The van der Waals surface area contributed by atoms with Crippen LogP contribution in [0.4, 0.5) is 0 Å². The van der Waals surface area contributed by atoms with Crippen molar-refractivity contribution in [2.75, 3.05) is 0 Å². The van der Waals surface area contributed by atoms with E-state index in [1.54, 1.807) is 13.8 Å². The molecule has 1 rings (SSSR count). The van der Waals surface area contributed by atoms with Crippen LogP contribution in [0.1, 0.15) is 34.6 Å². The minimum absolute atomic E-state index is 0.584. The quantitative estimate of drug-likeness (QED) is 0.653. The van der Waals surface area contributed by atoms with Crippen molar-refractivity contribution in [3.8, 4) is 0 Å². The van der Waals surface area contributed by atoms with E-state index < -0.39 is 11.1 Å². The summed E-state index contributed by atoms with van der Waals surface area (Å²) in [6.45, 7) is 9.12. The molecule has 15 heavy (non-hydrogen) atoms.